The van der Waals surface area contributed by atoms with Gasteiger partial charge < -0.3 is 5.11 Å². The molecule has 1 aliphatic carbocycles. The smallest absolute Gasteiger partial charge is 0.139 e. The van der Waals surface area contributed by atoms with Gasteiger partial charge >= 0.3 is 0 Å². The van der Waals surface area contributed by atoms with Gasteiger partial charge in [-0.25, -0.2) is 0 Å². The van der Waals surface area contributed by atoms with Gasteiger partial charge in [-0.3, -0.25) is 4.21 Å². The summed E-state index contributed by atoms with van der Waals surface area (Å²) in [5.74, 6) is 2.44. The van der Waals surface area contributed by atoms with Crippen molar-refractivity contribution in [1.82, 2.24) is 0 Å². The molecule has 2 nitrogen and oxygen atoms in total. The van der Waals surface area contributed by atoms with Crippen molar-refractivity contribution in [2.24, 2.45) is 0 Å². The molecule has 0 bridgehead atoms. The maximum absolute atomic E-state index is 12.4. The Hall–Kier alpha value is -1.11. The molecule has 1 saturated carbocycles. The van der Waals surface area contributed by atoms with Crippen LogP contribution in [-0.2, 0) is 10.8 Å². The van der Waals surface area contributed by atoms with Crippen LogP contribution in [0.25, 0.3) is 0 Å². The highest BCUT2D eigenvalue weighted by atomic mass is 32.2. The van der Waals surface area contributed by atoms with Crippen molar-refractivity contribution in [2.75, 3.05) is 0 Å². The van der Waals surface area contributed by atoms with Crippen molar-refractivity contribution in [3.63, 3.8) is 0 Å². The first-order chi connectivity index (χ1) is 8.17. The monoisotopic (exact) mass is 248 g/mol. The Bertz CT molecular complexity index is 449. The molecule has 0 spiro atoms. The summed E-state index contributed by atoms with van der Waals surface area (Å²) < 4.78 is 12.4. The molecular weight excluding hydrogens is 232 g/mol. The number of benzene rings is 1. The molecule has 17 heavy (non-hydrogen) atoms. The normalized spacial score (nSPS) is 30.5. The lowest BCUT2D eigenvalue weighted by molar-refractivity contribution is 0.0663. The zero-order chi connectivity index (χ0) is 12.3. The molecule has 90 valence electrons. The molecule has 0 heterocycles. The topological polar surface area (TPSA) is 37.3 Å². The molecule has 1 aromatic rings. The van der Waals surface area contributed by atoms with E-state index in [1.807, 2.05) is 30.3 Å². The summed E-state index contributed by atoms with van der Waals surface area (Å²) in [7, 11) is -1.23. The van der Waals surface area contributed by atoms with Crippen LogP contribution in [0.4, 0.5) is 0 Å². The quantitative estimate of drug-likeness (QED) is 0.814. The Morgan fingerprint density at radius 3 is 2.71 bits per heavy atom. The van der Waals surface area contributed by atoms with Crippen molar-refractivity contribution in [2.45, 2.75) is 41.4 Å². The fourth-order valence-electron chi connectivity index (χ4n) is 2.29. The van der Waals surface area contributed by atoms with Gasteiger partial charge in [0.15, 0.2) is 0 Å². The van der Waals surface area contributed by atoms with Gasteiger partial charge in [-0.05, 0) is 31.4 Å². The SMILES string of the molecule is C#C[C@]1(O)CCCC[C@@H]1S(=O)c1ccccc1. The predicted molar refractivity (Wildman–Crippen MR) is 68.9 cm³/mol. The molecule has 3 heteroatoms. The van der Waals surface area contributed by atoms with Crippen LogP contribution in [0.5, 0.6) is 0 Å². The second kappa shape index (κ2) is 5.03. The van der Waals surface area contributed by atoms with E-state index < -0.39 is 16.4 Å². The molecule has 1 aromatic carbocycles. The Labute approximate surface area is 105 Å². The van der Waals surface area contributed by atoms with Crippen LogP contribution < -0.4 is 0 Å². The predicted octanol–water partition coefficient (Wildman–Crippen LogP) is 2.10. The van der Waals surface area contributed by atoms with Crippen LogP contribution in [0.15, 0.2) is 35.2 Å². The van der Waals surface area contributed by atoms with E-state index in [9.17, 15) is 9.32 Å². The van der Waals surface area contributed by atoms with Gasteiger partial charge in [0.1, 0.15) is 5.60 Å². The zero-order valence-electron chi connectivity index (χ0n) is 9.63. The van der Waals surface area contributed by atoms with E-state index in [4.69, 9.17) is 6.42 Å². The summed E-state index contributed by atoms with van der Waals surface area (Å²) in [6.45, 7) is 0. The maximum atomic E-state index is 12.4. The molecular formula is C14H16O2S. The third kappa shape index (κ3) is 2.43. The van der Waals surface area contributed by atoms with Gasteiger partial charge in [-0.15, -0.1) is 6.42 Å². The maximum Gasteiger partial charge on any atom is 0.139 e. The van der Waals surface area contributed by atoms with Gasteiger partial charge in [-0.1, -0.05) is 30.5 Å². The van der Waals surface area contributed by atoms with Crippen molar-refractivity contribution >= 4 is 10.8 Å². The number of hydrogen-bond acceptors (Lipinski definition) is 2. The molecule has 0 radical (unpaired) electrons. The lowest BCUT2D eigenvalue weighted by Gasteiger charge is -2.35. The van der Waals surface area contributed by atoms with Crippen molar-refractivity contribution in [3.05, 3.63) is 30.3 Å². The third-order valence-electron chi connectivity index (χ3n) is 3.29. The molecule has 0 aliphatic heterocycles. The Morgan fingerprint density at radius 2 is 2.06 bits per heavy atom. The van der Waals surface area contributed by atoms with Crippen LogP contribution in [-0.4, -0.2) is 20.2 Å². The van der Waals surface area contributed by atoms with Crippen molar-refractivity contribution in [1.29, 1.82) is 0 Å². The molecule has 2 rings (SSSR count). The van der Waals surface area contributed by atoms with E-state index >= 15 is 0 Å². The van der Waals surface area contributed by atoms with Crippen molar-refractivity contribution in [3.8, 4) is 12.3 Å². The first kappa shape index (κ1) is 12.3. The molecule has 0 aromatic heterocycles. The summed E-state index contributed by atoms with van der Waals surface area (Å²) in [6, 6.07) is 9.23. The van der Waals surface area contributed by atoms with E-state index in [2.05, 4.69) is 5.92 Å². The van der Waals surface area contributed by atoms with E-state index in [-0.39, 0.29) is 5.25 Å². The van der Waals surface area contributed by atoms with Crippen LogP contribution in [0.2, 0.25) is 0 Å². The lowest BCUT2D eigenvalue weighted by atomic mass is 9.85. The summed E-state index contributed by atoms with van der Waals surface area (Å²) in [5.41, 5.74) is -1.21. The third-order valence-corrected chi connectivity index (χ3v) is 5.17. The Kier molecular flexibility index (Phi) is 3.66. The number of terminal acetylenes is 1. The lowest BCUT2D eigenvalue weighted by Crippen LogP contribution is -2.46. The van der Waals surface area contributed by atoms with Crippen molar-refractivity contribution < 1.29 is 9.32 Å². The molecule has 1 N–H and O–H groups in total. The summed E-state index contributed by atoms with van der Waals surface area (Å²) in [6.07, 6.45) is 8.57. The minimum absolute atomic E-state index is 0.344. The first-order valence-electron chi connectivity index (χ1n) is 5.83. The highest BCUT2D eigenvalue weighted by molar-refractivity contribution is 7.85. The minimum Gasteiger partial charge on any atom is -0.376 e. The average molecular weight is 248 g/mol. The molecule has 1 aliphatic rings. The zero-order valence-corrected chi connectivity index (χ0v) is 10.5. The minimum atomic E-state index is -1.23. The van der Waals surface area contributed by atoms with E-state index in [0.29, 0.717) is 6.42 Å². The van der Waals surface area contributed by atoms with Crippen LogP contribution >= 0.6 is 0 Å². The number of aliphatic hydroxyl groups is 1. The molecule has 0 amide bonds. The van der Waals surface area contributed by atoms with Gasteiger partial charge in [-0.2, -0.15) is 0 Å². The highest BCUT2D eigenvalue weighted by Crippen LogP contribution is 2.33. The van der Waals surface area contributed by atoms with E-state index in [1.54, 1.807) is 0 Å². The van der Waals surface area contributed by atoms with Crippen LogP contribution in [0, 0.1) is 12.3 Å². The van der Waals surface area contributed by atoms with Crippen LogP contribution in [0.3, 0.4) is 0 Å². The summed E-state index contributed by atoms with van der Waals surface area (Å²) in [5, 5.41) is 10.00. The Morgan fingerprint density at radius 1 is 1.35 bits per heavy atom. The largest absolute Gasteiger partial charge is 0.376 e. The highest BCUT2D eigenvalue weighted by Gasteiger charge is 2.41. The molecule has 0 saturated heterocycles. The fourth-order valence-corrected chi connectivity index (χ4v) is 3.97. The molecule has 3 atom stereocenters. The number of hydrogen-bond donors (Lipinski definition) is 1. The van der Waals surface area contributed by atoms with Crippen LogP contribution in [0.1, 0.15) is 25.7 Å². The van der Waals surface area contributed by atoms with Gasteiger partial charge in [0.2, 0.25) is 0 Å². The Balaban J connectivity index is 2.27. The van der Waals surface area contributed by atoms with E-state index in [1.165, 1.54) is 0 Å². The number of rotatable bonds is 2. The fraction of sp³-hybridized carbons (Fsp3) is 0.429. The molecule has 1 unspecified atom stereocenters. The second-order valence-corrected chi connectivity index (χ2v) is 6.05. The van der Waals surface area contributed by atoms with Gasteiger partial charge in [0.05, 0.1) is 16.0 Å². The van der Waals surface area contributed by atoms with E-state index in [0.717, 1.165) is 24.2 Å². The first-order valence-corrected chi connectivity index (χ1v) is 7.04. The summed E-state index contributed by atoms with van der Waals surface area (Å²) in [4.78, 5) is 0.744. The van der Waals surface area contributed by atoms with Gasteiger partial charge in [0.25, 0.3) is 0 Å². The second-order valence-electron chi connectivity index (χ2n) is 4.41. The summed E-state index contributed by atoms with van der Waals surface area (Å²) >= 11 is 0. The standard InChI is InChI=1S/C14H16O2S/c1-2-14(15)11-7-6-10-13(14)17(16)12-8-4-3-5-9-12/h1,3-5,8-9,13,15H,6-7,10-11H2/t13-,14-,17?/m0/s1. The van der Waals surface area contributed by atoms with Gasteiger partial charge in [0, 0.05) is 4.90 Å². The molecule has 1 fully saturated rings. The average Bonchev–Trinajstić information content (AvgIpc) is 2.39.